The first-order valence-electron chi connectivity index (χ1n) is 6.79. The maximum Gasteiger partial charge on any atom is -0.0108 e. The number of aryl methyl sites for hydroxylation is 1. The van der Waals surface area contributed by atoms with Crippen LogP contribution in [0, 0.1) is 5.41 Å². The first kappa shape index (κ1) is 10.4. The fourth-order valence-electron chi connectivity index (χ4n) is 3.88. The van der Waals surface area contributed by atoms with Gasteiger partial charge in [-0.25, -0.2) is 0 Å². The number of hydrogen-bond donors (Lipinski definition) is 0. The molecule has 0 amide bonds. The van der Waals surface area contributed by atoms with Crippen molar-refractivity contribution in [2.24, 2.45) is 5.41 Å². The van der Waals surface area contributed by atoms with Gasteiger partial charge in [-0.2, -0.15) is 0 Å². The zero-order valence-corrected chi connectivity index (χ0v) is 10.6. The summed E-state index contributed by atoms with van der Waals surface area (Å²) in [4.78, 5) is 0. The summed E-state index contributed by atoms with van der Waals surface area (Å²) in [6.07, 6.45) is 8.25. The van der Waals surface area contributed by atoms with E-state index in [9.17, 15) is 0 Å². The van der Waals surface area contributed by atoms with E-state index in [1.54, 1.807) is 16.7 Å². The molecule has 0 unspecified atom stereocenters. The monoisotopic (exact) mass is 214 g/mol. The maximum atomic E-state index is 2.46. The molecule has 0 saturated heterocycles. The molecule has 2 aliphatic carbocycles. The normalized spacial score (nSPS) is 27.0. The minimum atomic E-state index is 0.526. The van der Waals surface area contributed by atoms with Crippen LogP contribution in [-0.2, 0) is 12.8 Å². The molecule has 0 heteroatoms. The molecule has 0 spiro atoms. The van der Waals surface area contributed by atoms with Gasteiger partial charge in [0.1, 0.15) is 0 Å². The second-order valence-electron chi connectivity index (χ2n) is 6.27. The fraction of sp³-hybridized carbons (Fsp3) is 0.625. The van der Waals surface area contributed by atoms with Crippen LogP contribution in [0.5, 0.6) is 0 Å². The summed E-state index contributed by atoms with van der Waals surface area (Å²) in [5.74, 6) is 0.820. The average molecular weight is 214 g/mol. The van der Waals surface area contributed by atoms with Crippen LogP contribution in [0.4, 0.5) is 0 Å². The van der Waals surface area contributed by atoms with Gasteiger partial charge in [0, 0.05) is 0 Å². The van der Waals surface area contributed by atoms with Crippen LogP contribution in [0.25, 0.3) is 0 Å². The summed E-state index contributed by atoms with van der Waals surface area (Å²) in [6, 6.07) is 7.03. The number of rotatable bonds is 1. The van der Waals surface area contributed by atoms with Crippen LogP contribution in [0.1, 0.15) is 62.1 Å². The van der Waals surface area contributed by atoms with E-state index in [0.717, 1.165) is 5.92 Å². The van der Waals surface area contributed by atoms with Gasteiger partial charge in [-0.05, 0) is 60.1 Å². The molecule has 1 aromatic carbocycles. The quantitative estimate of drug-likeness (QED) is 0.647. The largest absolute Gasteiger partial charge is 0.0617 e. The van der Waals surface area contributed by atoms with Crippen molar-refractivity contribution >= 4 is 0 Å². The molecule has 2 aliphatic rings. The third kappa shape index (κ3) is 1.50. The highest BCUT2D eigenvalue weighted by Crippen LogP contribution is 2.50. The second kappa shape index (κ2) is 3.61. The first-order valence-corrected chi connectivity index (χ1v) is 6.79. The lowest BCUT2D eigenvalue weighted by atomic mass is 9.76. The predicted octanol–water partition coefficient (Wildman–Crippen LogP) is 4.47. The van der Waals surface area contributed by atoms with E-state index in [1.807, 2.05) is 0 Å². The van der Waals surface area contributed by atoms with Crippen LogP contribution in [0.15, 0.2) is 18.2 Å². The zero-order chi connectivity index (χ0) is 11.2. The van der Waals surface area contributed by atoms with Crippen molar-refractivity contribution in [1.29, 1.82) is 0 Å². The smallest absolute Gasteiger partial charge is 0.0108 e. The van der Waals surface area contributed by atoms with Gasteiger partial charge in [0.15, 0.2) is 0 Å². The lowest BCUT2D eigenvalue weighted by Crippen LogP contribution is -2.16. The van der Waals surface area contributed by atoms with Gasteiger partial charge in [0.25, 0.3) is 0 Å². The molecule has 86 valence electrons. The Morgan fingerprint density at radius 1 is 1.12 bits per heavy atom. The van der Waals surface area contributed by atoms with Gasteiger partial charge in [-0.3, -0.25) is 0 Å². The van der Waals surface area contributed by atoms with E-state index in [1.165, 1.54) is 38.5 Å². The van der Waals surface area contributed by atoms with Crippen LogP contribution in [0.2, 0.25) is 0 Å². The zero-order valence-electron chi connectivity index (χ0n) is 10.6. The number of fused-ring (bicyclic) bond motifs is 1. The molecule has 0 aliphatic heterocycles. The Morgan fingerprint density at radius 3 is 2.75 bits per heavy atom. The van der Waals surface area contributed by atoms with Gasteiger partial charge >= 0.3 is 0 Å². The van der Waals surface area contributed by atoms with Crippen molar-refractivity contribution in [2.45, 2.75) is 58.3 Å². The number of hydrogen-bond acceptors (Lipinski definition) is 0. The molecule has 1 atom stereocenters. The Morgan fingerprint density at radius 2 is 2.00 bits per heavy atom. The Balaban J connectivity index is 2.04. The van der Waals surface area contributed by atoms with Gasteiger partial charge in [-0.1, -0.05) is 38.5 Å². The molecule has 1 saturated carbocycles. The van der Waals surface area contributed by atoms with Gasteiger partial charge in [-0.15, -0.1) is 0 Å². The molecule has 0 N–H and O–H groups in total. The van der Waals surface area contributed by atoms with E-state index < -0.39 is 0 Å². The second-order valence-corrected chi connectivity index (χ2v) is 6.27. The summed E-state index contributed by atoms with van der Waals surface area (Å²) < 4.78 is 0. The summed E-state index contributed by atoms with van der Waals surface area (Å²) in [7, 11) is 0. The standard InChI is InChI=1S/C16H22/c1-16(2)11-5-10-15(16)14-9-4-7-12-6-3-8-13(12)14/h4,7,9,15H,3,5-6,8,10-11H2,1-2H3/t15-/m0/s1. The molecular formula is C16H22. The highest BCUT2D eigenvalue weighted by Gasteiger charge is 2.37. The lowest BCUT2D eigenvalue weighted by molar-refractivity contribution is 0.331. The van der Waals surface area contributed by atoms with E-state index in [2.05, 4.69) is 32.0 Å². The SMILES string of the molecule is CC1(C)CCC[C@H]1c1cccc2c1CCC2. The average Bonchev–Trinajstić information content (AvgIpc) is 2.83. The van der Waals surface area contributed by atoms with Gasteiger partial charge in [0.2, 0.25) is 0 Å². The molecule has 0 aromatic heterocycles. The highest BCUT2D eigenvalue weighted by atomic mass is 14.4. The predicted molar refractivity (Wildman–Crippen MR) is 68.8 cm³/mol. The third-order valence-corrected chi connectivity index (χ3v) is 4.81. The lowest BCUT2D eigenvalue weighted by Gasteiger charge is -2.29. The van der Waals surface area contributed by atoms with Crippen LogP contribution in [0.3, 0.4) is 0 Å². The Bertz CT molecular complexity index is 400. The molecule has 3 rings (SSSR count). The minimum Gasteiger partial charge on any atom is -0.0617 e. The van der Waals surface area contributed by atoms with E-state index >= 15 is 0 Å². The first-order chi connectivity index (χ1) is 7.68. The molecule has 0 bridgehead atoms. The molecule has 1 aromatic rings. The van der Waals surface area contributed by atoms with E-state index in [0.29, 0.717) is 5.41 Å². The molecular weight excluding hydrogens is 192 g/mol. The summed E-state index contributed by atoms with van der Waals surface area (Å²) in [6.45, 7) is 4.91. The molecule has 0 nitrogen and oxygen atoms in total. The summed E-state index contributed by atoms with van der Waals surface area (Å²) in [5, 5.41) is 0. The fourth-order valence-corrected chi connectivity index (χ4v) is 3.88. The van der Waals surface area contributed by atoms with Crippen LogP contribution >= 0.6 is 0 Å². The molecule has 0 radical (unpaired) electrons. The maximum absolute atomic E-state index is 2.46. The van der Waals surface area contributed by atoms with Crippen molar-refractivity contribution in [1.82, 2.24) is 0 Å². The molecule has 0 heterocycles. The van der Waals surface area contributed by atoms with Gasteiger partial charge < -0.3 is 0 Å². The van der Waals surface area contributed by atoms with E-state index in [-0.39, 0.29) is 0 Å². The minimum absolute atomic E-state index is 0.526. The van der Waals surface area contributed by atoms with Crippen molar-refractivity contribution < 1.29 is 0 Å². The number of benzene rings is 1. The van der Waals surface area contributed by atoms with Gasteiger partial charge in [0.05, 0.1) is 0 Å². The Labute approximate surface area is 99.1 Å². The summed E-state index contributed by atoms with van der Waals surface area (Å²) in [5.41, 5.74) is 5.57. The van der Waals surface area contributed by atoms with Crippen molar-refractivity contribution in [3.8, 4) is 0 Å². The Hall–Kier alpha value is -0.780. The third-order valence-electron chi connectivity index (χ3n) is 4.81. The van der Waals surface area contributed by atoms with Crippen molar-refractivity contribution in [2.75, 3.05) is 0 Å². The van der Waals surface area contributed by atoms with Crippen molar-refractivity contribution in [3.05, 3.63) is 34.9 Å². The molecule has 16 heavy (non-hydrogen) atoms. The highest BCUT2D eigenvalue weighted by molar-refractivity contribution is 5.41. The van der Waals surface area contributed by atoms with Crippen molar-refractivity contribution in [3.63, 3.8) is 0 Å². The molecule has 1 fully saturated rings. The summed E-state index contributed by atoms with van der Waals surface area (Å²) >= 11 is 0. The Kier molecular flexibility index (Phi) is 2.34. The topological polar surface area (TPSA) is 0 Å². The van der Waals surface area contributed by atoms with E-state index in [4.69, 9.17) is 0 Å². The van der Waals surface area contributed by atoms with Crippen LogP contribution in [-0.4, -0.2) is 0 Å². The van der Waals surface area contributed by atoms with Crippen LogP contribution < -0.4 is 0 Å².